The molecule has 2 aromatic carbocycles. The first-order valence-electron chi connectivity index (χ1n) is 8.53. The highest BCUT2D eigenvalue weighted by Gasteiger charge is 2.27. The van der Waals surface area contributed by atoms with E-state index in [1.54, 1.807) is 44.6 Å². The zero-order chi connectivity index (χ0) is 19.7. The molecule has 0 atom stereocenters. The van der Waals surface area contributed by atoms with Gasteiger partial charge in [0.1, 0.15) is 12.1 Å². The first kappa shape index (κ1) is 18.3. The van der Waals surface area contributed by atoms with Crippen molar-refractivity contribution in [3.63, 3.8) is 0 Å². The molecule has 1 aliphatic heterocycles. The van der Waals surface area contributed by atoms with Gasteiger partial charge >= 0.3 is 10.2 Å². The lowest BCUT2D eigenvalue weighted by Gasteiger charge is -2.16. The fraction of sp³-hybridized carbons (Fsp3) is 0.222. The van der Waals surface area contributed by atoms with Crippen molar-refractivity contribution < 1.29 is 17.9 Å². The van der Waals surface area contributed by atoms with E-state index in [4.69, 9.17) is 9.47 Å². The molecule has 1 aliphatic rings. The molecule has 0 saturated carbocycles. The maximum atomic E-state index is 12.0. The largest absolute Gasteiger partial charge is 0.493 e. The van der Waals surface area contributed by atoms with Crippen molar-refractivity contribution in [3.8, 4) is 11.5 Å². The van der Waals surface area contributed by atoms with E-state index in [0.29, 0.717) is 41.6 Å². The lowest BCUT2D eigenvalue weighted by molar-refractivity contribution is 0.356. The molecule has 0 bridgehead atoms. The highest BCUT2D eigenvalue weighted by Crippen LogP contribution is 2.34. The molecule has 0 aliphatic carbocycles. The van der Waals surface area contributed by atoms with Gasteiger partial charge in [-0.3, -0.25) is 4.31 Å². The lowest BCUT2D eigenvalue weighted by Crippen LogP contribution is -2.29. The molecule has 2 N–H and O–H groups in total. The number of hydrogen-bond donors (Lipinski definition) is 2. The first-order valence-corrected chi connectivity index (χ1v) is 9.97. The minimum Gasteiger partial charge on any atom is -0.493 e. The summed E-state index contributed by atoms with van der Waals surface area (Å²) in [5, 5.41) is 4.02. The summed E-state index contributed by atoms with van der Waals surface area (Å²) in [6, 6.07) is 10.7. The second-order valence-electron chi connectivity index (χ2n) is 6.09. The van der Waals surface area contributed by atoms with Crippen LogP contribution in [0.3, 0.4) is 0 Å². The molecule has 146 valence electrons. The fourth-order valence-corrected chi connectivity index (χ4v) is 4.31. The van der Waals surface area contributed by atoms with Gasteiger partial charge < -0.3 is 14.8 Å². The van der Waals surface area contributed by atoms with Crippen LogP contribution in [-0.4, -0.2) is 45.7 Å². The Morgan fingerprint density at radius 2 is 1.79 bits per heavy atom. The van der Waals surface area contributed by atoms with Gasteiger partial charge in [0.2, 0.25) is 0 Å². The zero-order valence-corrected chi connectivity index (χ0v) is 16.2. The number of nitrogens with zero attached hydrogens (tertiary/aromatic N) is 3. The molecule has 1 aromatic heterocycles. The molecule has 0 radical (unpaired) electrons. The van der Waals surface area contributed by atoms with Crippen LogP contribution in [0.5, 0.6) is 11.5 Å². The average molecular weight is 401 g/mol. The van der Waals surface area contributed by atoms with Crippen molar-refractivity contribution in [2.24, 2.45) is 0 Å². The number of aromatic nitrogens is 2. The predicted octanol–water partition coefficient (Wildman–Crippen LogP) is 2.04. The van der Waals surface area contributed by atoms with Gasteiger partial charge in [0.15, 0.2) is 11.5 Å². The van der Waals surface area contributed by atoms with Crippen LogP contribution in [0.1, 0.15) is 0 Å². The van der Waals surface area contributed by atoms with Crippen LogP contribution in [0.2, 0.25) is 0 Å². The molecule has 0 unspecified atom stereocenters. The van der Waals surface area contributed by atoms with Gasteiger partial charge in [0.25, 0.3) is 0 Å². The number of fused-ring (bicyclic) bond motifs is 1. The fourth-order valence-electron chi connectivity index (χ4n) is 3.07. The van der Waals surface area contributed by atoms with Crippen molar-refractivity contribution >= 4 is 38.3 Å². The maximum Gasteiger partial charge on any atom is 0.301 e. The molecule has 4 rings (SSSR count). The number of hydrogen-bond acceptors (Lipinski definition) is 7. The molecule has 1 saturated heterocycles. The SMILES string of the molecule is COc1cc2ncnc(Nc3ccc(N4CCNS4(=O)=O)cc3)c2cc1OC. The summed E-state index contributed by atoms with van der Waals surface area (Å²) < 4.78 is 38.4. The van der Waals surface area contributed by atoms with Crippen LogP contribution < -0.4 is 23.8 Å². The number of nitrogens with one attached hydrogen (secondary N) is 2. The van der Waals surface area contributed by atoms with Crippen LogP contribution in [-0.2, 0) is 10.2 Å². The van der Waals surface area contributed by atoms with E-state index in [-0.39, 0.29) is 0 Å². The minimum atomic E-state index is -3.44. The molecule has 0 spiro atoms. The smallest absolute Gasteiger partial charge is 0.301 e. The highest BCUT2D eigenvalue weighted by atomic mass is 32.2. The Morgan fingerprint density at radius 3 is 2.43 bits per heavy atom. The van der Waals surface area contributed by atoms with Crippen molar-refractivity contribution in [2.45, 2.75) is 0 Å². The van der Waals surface area contributed by atoms with Crippen LogP contribution in [0.25, 0.3) is 10.9 Å². The van der Waals surface area contributed by atoms with E-state index in [1.807, 2.05) is 6.07 Å². The summed E-state index contributed by atoms with van der Waals surface area (Å²) in [5.41, 5.74) is 2.08. The first-order chi connectivity index (χ1) is 13.5. The van der Waals surface area contributed by atoms with E-state index in [2.05, 4.69) is 20.0 Å². The van der Waals surface area contributed by atoms with Gasteiger partial charge in [0, 0.05) is 30.2 Å². The second kappa shape index (κ2) is 7.13. The number of methoxy groups -OCH3 is 2. The summed E-state index contributed by atoms with van der Waals surface area (Å²) in [6.45, 7) is 0.813. The van der Waals surface area contributed by atoms with Crippen molar-refractivity contribution in [1.29, 1.82) is 0 Å². The molecular weight excluding hydrogens is 382 g/mol. The normalized spacial score (nSPS) is 15.6. The third kappa shape index (κ3) is 3.27. The number of ether oxygens (including phenoxy) is 2. The van der Waals surface area contributed by atoms with Crippen molar-refractivity contribution in [3.05, 3.63) is 42.7 Å². The van der Waals surface area contributed by atoms with Crippen LogP contribution in [0, 0.1) is 0 Å². The van der Waals surface area contributed by atoms with Gasteiger partial charge in [-0.25, -0.2) is 9.97 Å². The van der Waals surface area contributed by atoms with Gasteiger partial charge in [-0.15, -0.1) is 0 Å². The molecule has 9 nitrogen and oxygen atoms in total. The van der Waals surface area contributed by atoms with E-state index < -0.39 is 10.2 Å². The van der Waals surface area contributed by atoms with Crippen LogP contribution in [0.4, 0.5) is 17.2 Å². The summed E-state index contributed by atoms with van der Waals surface area (Å²) in [5.74, 6) is 1.77. The molecular formula is C18H19N5O4S. The predicted molar refractivity (Wildman–Crippen MR) is 107 cm³/mol. The quantitative estimate of drug-likeness (QED) is 0.674. The standard InChI is InChI=1S/C18H19N5O4S/c1-26-16-9-14-15(10-17(16)27-2)19-11-20-18(14)22-12-3-5-13(6-4-12)23-8-7-21-28(23,24)25/h3-6,9-11,21H,7-8H2,1-2H3,(H,19,20,22). The Labute approximate surface area is 162 Å². The van der Waals surface area contributed by atoms with Crippen molar-refractivity contribution in [1.82, 2.24) is 14.7 Å². The summed E-state index contributed by atoms with van der Waals surface area (Å²) in [4.78, 5) is 8.60. The third-order valence-electron chi connectivity index (χ3n) is 4.45. The maximum absolute atomic E-state index is 12.0. The summed E-state index contributed by atoms with van der Waals surface area (Å²) >= 11 is 0. The molecule has 2 heterocycles. The molecule has 10 heteroatoms. The topological polar surface area (TPSA) is 106 Å². The summed E-state index contributed by atoms with van der Waals surface area (Å²) in [7, 11) is -0.297. The Kier molecular flexibility index (Phi) is 4.65. The minimum absolute atomic E-state index is 0.403. The van der Waals surface area contributed by atoms with E-state index >= 15 is 0 Å². The number of rotatable bonds is 5. The van der Waals surface area contributed by atoms with E-state index in [1.165, 1.54) is 10.6 Å². The van der Waals surface area contributed by atoms with Gasteiger partial charge in [-0.05, 0) is 30.3 Å². The van der Waals surface area contributed by atoms with Crippen LogP contribution in [0.15, 0.2) is 42.7 Å². The molecule has 0 amide bonds. The second-order valence-corrected chi connectivity index (χ2v) is 7.77. The Hall–Kier alpha value is -3.11. The average Bonchev–Trinajstić information content (AvgIpc) is 3.06. The lowest BCUT2D eigenvalue weighted by atomic mass is 10.2. The molecule has 3 aromatic rings. The van der Waals surface area contributed by atoms with E-state index in [0.717, 1.165) is 11.1 Å². The highest BCUT2D eigenvalue weighted by molar-refractivity contribution is 7.91. The monoisotopic (exact) mass is 401 g/mol. The molecule has 1 fully saturated rings. The van der Waals surface area contributed by atoms with Crippen LogP contribution >= 0.6 is 0 Å². The van der Waals surface area contributed by atoms with Gasteiger partial charge in [-0.2, -0.15) is 13.1 Å². The zero-order valence-electron chi connectivity index (χ0n) is 15.3. The number of benzene rings is 2. The Balaban J connectivity index is 1.65. The number of anilines is 3. The van der Waals surface area contributed by atoms with Gasteiger partial charge in [0.05, 0.1) is 25.4 Å². The van der Waals surface area contributed by atoms with E-state index in [9.17, 15) is 8.42 Å². The molecule has 28 heavy (non-hydrogen) atoms. The van der Waals surface area contributed by atoms with Gasteiger partial charge in [-0.1, -0.05) is 0 Å². The Bertz CT molecular complexity index is 1120. The third-order valence-corrected chi connectivity index (χ3v) is 5.99. The van der Waals surface area contributed by atoms with Crippen molar-refractivity contribution in [2.75, 3.05) is 36.9 Å². The Morgan fingerprint density at radius 1 is 1.07 bits per heavy atom. The summed E-state index contributed by atoms with van der Waals surface area (Å²) in [6.07, 6.45) is 1.47.